The summed E-state index contributed by atoms with van der Waals surface area (Å²) in [6, 6.07) is 9.41. The molecule has 0 fully saturated rings. The van der Waals surface area contributed by atoms with Gasteiger partial charge in [-0.05, 0) is 11.6 Å². The van der Waals surface area contributed by atoms with Crippen molar-refractivity contribution in [3.05, 3.63) is 52.1 Å². The predicted molar refractivity (Wildman–Crippen MR) is 67.4 cm³/mol. The molecule has 0 aliphatic heterocycles. The second-order valence-electron chi connectivity index (χ2n) is 3.01. The van der Waals surface area contributed by atoms with Crippen LogP contribution in [0.5, 0.6) is 0 Å². The molecular formula is C10H13N5O4. The molecule has 0 unspecified atom stereocenters. The number of hydrazine groups is 1. The number of hydrogen-bond donors (Lipinski definition) is 5. The van der Waals surface area contributed by atoms with Gasteiger partial charge in [-0.3, -0.25) is 21.1 Å². The Kier molecular flexibility index (Phi) is 7.52. The first kappa shape index (κ1) is 15.9. The lowest BCUT2D eigenvalue weighted by Gasteiger charge is -2.01. The summed E-state index contributed by atoms with van der Waals surface area (Å²) < 4.78 is 0. The van der Waals surface area contributed by atoms with Gasteiger partial charge in [-0.1, -0.05) is 30.3 Å². The van der Waals surface area contributed by atoms with Gasteiger partial charge in [0, 0.05) is 6.08 Å². The van der Waals surface area contributed by atoms with Gasteiger partial charge in [0.15, 0.2) is 0 Å². The lowest BCUT2D eigenvalue weighted by Crippen LogP contribution is -2.44. The van der Waals surface area contributed by atoms with Crippen LogP contribution in [0.2, 0.25) is 0 Å². The highest BCUT2D eigenvalue weighted by atomic mass is 16.9. The van der Waals surface area contributed by atoms with Crippen LogP contribution >= 0.6 is 0 Å². The first-order chi connectivity index (χ1) is 8.91. The zero-order valence-corrected chi connectivity index (χ0v) is 9.74. The van der Waals surface area contributed by atoms with E-state index in [1.165, 1.54) is 6.08 Å². The Labute approximate surface area is 108 Å². The summed E-state index contributed by atoms with van der Waals surface area (Å²) in [5.41, 5.74) is 10.3. The minimum Gasteiger partial charge on any atom is -0.369 e. The quantitative estimate of drug-likeness (QED) is 0.165. The van der Waals surface area contributed by atoms with Gasteiger partial charge in [0.05, 0.1) is 0 Å². The highest BCUT2D eigenvalue weighted by molar-refractivity contribution is 5.92. The molecule has 1 aromatic carbocycles. The predicted octanol–water partition coefficient (Wildman–Crippen LogP) is -0.134. The van der Waals surface area contributed by atoms with Crippen molar-refractivity contribution in [2.45, 2.75) is 0 Å². The molecule has 0 saturated heterocycles. The number of hydrogen-bond acceptors (Lipinski definition) is 4. The van der Waals surface area contributed by atoms with Crippen LogP contribution in [0.25, 0.3) is 6.08 Å². The van der Waals surface area contributed by atoms with E-state index in [1.54, 1.807) is 6.08 Å². The SMILES string of the molecule is N=C(N)NNC(=O)/C=C/c1ccccc1.O=[N+]([O-])O. The van der Waals surface area contributed by atoms with Crippen LogP contribution in [-0.4, -0.2) is 22.2 Å². The van der Waals surface area contributed by atoms with Crippen molar-refractivity contribution < 1.29 is 15.1 Å². The van der Waals surface area contributed by atoms with Gasteiger partial charge in [-0.2, -0.15) is 0 Å². The molecule has 1 amide bonds. The minimum absolute atomic E-state index is 0.309. The normalized spacial score (nSPS) is 9.05. The monoisotopic (exact) mass is 267 g/mol. The van der Waals surface area contributed by atoms with Gasteiger partial charge in [-0.15, -0.1) is 10.1 Å². The summed E-state index contributed by atoms with van der Waals surface area (Å²) in [5, 5.41) is 20.5. The zero-order valence-electron chi connectivity index (χ0n) is 9.74. The molecule has 0 radical (unpaired) electrons. The molecule has 0 aromatic heterocycles. The number of nitrogens with two attached hydrogens (primary N) is 1. The van der Waals surface area contributed by atoms with Crippen molar-refractivity contribution >= 4 is 17.9 Å². The van der Waals surface area contributed by atoms with E-state index in [0.717, 1.165) is 5.56 Å². The van der Waals surface area contributed by atoms with Crippen molar-refractivity contribution in [1.29, 1.82) is 5.41 Å². The minimum atomic E-state index is -1.50. The molecule has 9 heteroatoms. The van der Waals surface area contributed by atoms with E-state index < -0.39 is 5.09 Å². The first-order valence-electron chi connectivity index (χ1n) is 4.88. The fourth-order valence-corrected chi connectivity index (χ4v) is 0.907. The Bertz CT molecular complexity index is 456. The van der Waals surface area contributed by atoms with Crippen LogP contribution in [0.3, 0.4) is 0 Å². The van der Waals surface area contributed by atoms with Gasteiger partial charge < -0.3 is 10.9 Å². The van der Waals surface area contributed by atoms with Crippen LogP contribution in [0.1, 0.15) is 5.56 Å². The van der Waals surface area contributed by atoms with Crippen molar-refractivity contribution in [1.82, 2.24) is 10.9 Å². The summed E-state index contributed by atoms with van der Waals surface area (Å²) in [6.07, 6.45) is 3.02. The van der Waals surface area contributed by atoms with E-state index in [4.69, 9.17) is 26.5 Å². The van der Waals surface area contributed by atoms with Gasteiger partial charge in [0.2, 0.25) is 5.96 Å². The number of nitrogens with one attached hydrogen (secondary N) is 3. The fraction of sp³-hybridized carbons (Fsp3) is 0. The van der Waals surface area contributed by atoms with Gasteiger partial charge in [0.25, 0.3) is 11.0 Å². The van der Waals surface area contributed by atoms with Crippen molar-refractivity contribution in [2.24, 2.45) is 5.73 Å². The molecule has 0 atom stereocenters. The summed E-state index contributed by atoms with van der Waals surface area (Å²) in [5.74, 6) is -0.675. The molecular weight excluding hydrogens is 254 g/mol. The number of nitrogens with zero attached hydrogens (tertiary/aromatic N) is 1. The number of carbonyl (C=O) groups excluding carboxylic acids is 1. The maximum Gasteiger partial charge on any atom is 0.291 e. The van der Waals surface area contributed by atoms with E-state index in [2.05, 4.69) is 10.9 Å². The molecule has 6 N–H and O–H groups in total. The molecule has 0 spiro atoms. The number of rotatable bonds is 2. The smallest absolute Gasteiger partial charge is 0.291 e. The highest BCUT2D eigenvalue weighted by Gasteiger charge is 1.93. The molecule has 0 bridgehead atoms. The van der Waals surface area contributed by atoms with Crippen LogP contribution in [0.4, 0.5) is 0 Å². The lowest BCUT2D eigenvalue weighted by atomic mass is 10.2. The Morgan fingerprint density at radius 3 is 2.37 bits per heavy atom. The second-order valence-corrected chi connectivity index (χ2v) is 3.01. The number of benzene rings is 1. The average molecular weight is 267 g/mol. The third-order valence-electron chi connectivity index (χ3n) is 1.55. The van der Waals surface area contributed by atoms with Gasteiger partial charge in [0.1, 0.15) is 0 Å². The Hall–Kier alpha value is -3.10. The molecule has 0 heterocycles. The highest BCUT2D eigenvalue weighted by Crippen LogP contribution is 1.99. The van der Waals surface area contributed by atoms with Crippen molar-refractivity contribution in [2.75, 3.05) is 0 Å². The van der Waals surface area contributed by atoms with Gasteiger partial charge in [-0.25, -0.2) is 0 Å². The summed E-state index contributed by atoms with van der Waals surface area (Å²) in [4.78, 5) is 19.5. The third kappa shape index (κ3) is 11.2. The Balaban J connectivity index is 0.000000711. The average Bonchev–Trinajstić information content (AvgIpc) is 2.34. The van der Waals surface area contributed by atoms with E-state index in [1.807, 2.05) is 30.3 Å². The Morgan fingerprint density at radius 2 is 1.89 bits per heavy atom. The molecule has 0 aliphatic carbocycles. The molecule has 1 aromatic rings. The molecule has 0 saturated carbocycles. The molecule has 19 heavy (non-hydrogen) atoms. The standard InChI is InChI=1S/C10H12N4O.HNO3/c11-10(12)14-13-9(15)7-6-8-4-2-1-3-5-8;2-1(3)4/h1-7H,(H,13,15)(H4,11,12,14);(H,2,3,4)/b7-6+;. The molecule has 9 nitrogen and oxygen atoms in total. The van der Waals surface area contributed by atoms with Crippen LogP contribution in [0, 0.1) is 15.5 Å². The van der Waals surface area contributed by atoms with E-state index >= 15 is 0 Å². The molecule has 102 valence electrons. The largest absolute Gasteiger partial charge is 0.369 e. The topological polar surface area (TPSA) is 154 Å². The summed E-state index contributed by atoms with van der Waals surface area (Å²) in [6.45, 7) is 0. The molecule has 0 aliphatic rings. The number of guanidine groups is 1. The number of amides is 1. The van der Waals surface area contributed by atoms with E-state index in [-0.39, 0.29) is 11.9 Å². The van der Waals surface area contributed by atoms with E-state index in [0.29, 0.717) is 0 Å². The third-order valence-corrected chi connectivity index (χ3v) is 1.55. The number of carbonyl (C=O) groups is 1. The Morgan fingerprint density at radius 1 is 1.37 bits per heavy atom. The van der Waals surface area contributed by atoms with Crippen molar-refractivity contribution in [3.8, 4) is 0 Å². The molecule has 1 rings (SSSR count). The second kappa shape index (κ2) is 8.98. The van der Waals surface area contributed by atoms with Crippen molar-refractivity contribution in [3.63, 3.8) is 0 Å². The lowest BCUT2D eigenvalue weighted by molar-refractivity contribution is -0.742. The van der Waals surface area contributed by atoms with Gasteiger partial charge >= 0.3 is 0 Å². The fourth-order valence-electron chi connectivity index (χ4n) is 0.907. The van der Waals surface area contributed by atoms with Crippen LogP contribution in [0.15, 0.2) is 36.4 Å². The van der Waals surface area contributed by atoms with Crippen LogP contribution < -0.4 is 16.6 Å². The maximum absolute atomic E-state index is 11.1. The van der Waals surface area contributed by atoms with Crippen LogP contribution in [-0.2, 0) is 4.79 Å². The maximum atomic E-state index is 11.1. The van der Waals surface area contributed by atoms with E-state index in [9.17, 15) is 4.79 Å². The first-order valence-corrected chi connectivity index (χ1v) is 4.88. The summed E-state index contributed by atoms with van der Waals surface area (Å²) in [7, 11) is 0. The zero-order chi connectivity index (χ0) is 14.7. The summed E-state index contributed by atoms with van der Waals surface area (Å²) >= 11 is 0.